The van der Waals surface area contributed by atoms with Gasteiger partial charge in [-0.05, 0) is 31.9 Å². The van der Waals surface area contributed by atoms with E-state index in [0.29, 0.717) is 5.15 Å². The monoisotopic (exact) mass is 285 g/mol. The molecule has 2 nitrogen and oxygen atoms in total. The Morgan fingerprint density at radius 1 is 1.33 bits per heavy atom. The summed E-state index contributed by atoms with van der Waals surface area (Å²) in [6.07, 6.45) is 0.396. The molecule has 4 heteroatoms. The molecule has 2 aromatic rings. The number of aliphatic hydroxyl groups is 1. The molecule has 1 aromatic heterocycles. The molecule has 98 valence electrons. The first-order valence-corrected chi connectivity index (χ1v) is 6.89. The van der Waals surface area contributed by atoms with Crippen LogP contribution in [0.3, 0.4) is 0 Å². The fourth-order valence-electron chi connectivity index (χ4n) is 2.43. The summed E-state index contributed by atoms with van der Waals surface area (Å²) in [6, 6.07) is 3.79. The molecule has 0 fully saturated rings. The summed E-state index contributed by atoms with van der Waals surface area (Å²) in [5.41, 5.74) is 2.83. The van der Waals surface area contributed by atoms with Crippen LogP contribution in [0.4, 0.5) is 0 Å². The van der Waals surface area contributed by atoms with Gasteiger partial charge in [-0.1, -0.05) is 36.2 Å². The fourth-order valence-corrected chi connectivity index (χ4v) is 3.01. The molecule has 0 saturated carbocycles. The summed E-state index contributed by atoms with van der Waals surface area (Å²) in [5.74, 6) is 0. The van der Waals surface area contributed by atoms with Crippen LogP contribution in [0.2, 0.25) is 10.2 Å². The molecule has 1 heterocycles. The molecule has 1 aromatic carbocycles. The van der Waals surface area contributed by atoms with Crippen LogP contribution < -0.4 is 0 Å². The molecule has 1 unspecified atom stereocenters. The summed E-state index contributed by atoms with van der Waals surface area (Å²) in [7, 11) is 0. The van der Waals surface area contributed by atoms with Crippen molar-refractivity contribution >= 4 is 34.1 Å². The maximum absolute atomic E-state index is 9.91. The highest BCUT2D eigenvalue weighted by molar-refractivity contribution is 6.34. The molecule has 18 heavy (non-hydrogen) atoms. The molecule has 1 N–H and O–H groups in total. The second-order valence-electron chi connectivity index (χ2n) is 4.60. The lowest BCUT2D eigenvalue weighted by atomic mass is 10.1. The summed E-state index contributed by atoms with van der Waals surface area (Å²) >= 11 is 12.6. The van der Waals surface area contributed by atoms with E-state index in [1.165, 1.54) is 0 Å². The quantitative estimate of drug-likeness (QED) is 0.867. The lowest BCUT2D eigenvalue weighted by Gasteiger charge is -2.08. The van der Waals surface area contributed by atoms with Crippen molar-refractivity contribution in [2.75, 3.05) is 0 Å². The van der Waals surface area contributed by atoms with Crippen LogP contribution in [0.15, 0.2) is 12.1 Å². The number of hydrogen-bond donors (Lipinski definition) is 1. The van der Waals surface area contributed by atoms with Crippen molar-refractivity contribution in [1.82, 2.24) is 4.57 Å². The molecule has 2 rings (SSSR count). The van der Waals surface area contributed by atoms with Gasteiger partial charge in [0.1, 0.15) is 5.15 Å². The highest BCUT2D eigenvalue weighted by Crippen LogP contribution is 2.38. The Morgan fingerprint density at radius 3 is 2.56 bits per heavy atom. The predicted octanol–water partition coefficient (Wildman–Crippen LogP) is 4.72. The van der Waals surface area contributed by atoms with Crippen LogP contribution >= 0.6 is 23.2 Å². The average molecular weight is 286 g/mol. The minimum Gasteiger partial charge on any atom is -0.389 e. The van der Waals surface area contributed by atoms with Gasteiger partial charge in [-0.25, -0.2) is 0 Å². The molecule has 0 bridgehead atoms. The van der Waals surface area contributed by atoms with E-state index in [2.05, 4.69) is 6.92 Å². The molecule has 1 atom stereocenters. The van der Waals surface area contributed by atoms with Crippen molar-refractivity contribution in [3.8, 4) is 0 Å². The van der Waals surface area contributed by atoms with E-state index in [1.54, 1.807) is 6.92 Å². The number of hydrogen-bond acceptors (Lipinski definition) is 1. The smallest absolute Gasteiger partial charge is 0.115 e. The third kappa shape index (κ3) is 2.03. The van der Waals surface area contributed by atoms with Gasteiger partial charge >= 0.3 is 0 Å². The molecule has 0 aliphatic rings. The minimum absolute atomic E-state index is 0.585. The molecular formula is C14H17Cl2NO. The highest BCUT2D eigenvalue weighted by Gasteiger charge is 2.20. The Bertz CT molecular complexity index is 587. The number of aromatic nitrogens is 1. The number of rotatable bonds is 3. The molecule has 0 radical (unpaired) electrons. The van der Waals surface area contributed by atoms with Crippen LogP contribution in [0.25, 0.3) is 10.9 Å². The Morgan fingerprint density at radius 2 is 2.00 bits per heavy atom. The first-order valence-electron chi connectivity index (χ1n) is 6.13. The van der Waals surface area contributed by atoms with Crippen molar-refractivity contribution < 1.29 is 5.11 Å². The van der Waals surface area contributed by atoms with Crippen LogP contribution in [-0.4, -0.2) is 9.67 Å². The highest BCUT2D eigenvalue weighted by atomic mass is 35.5. The Hall–Kier alpha value is -0.700. The minimum atomic E-state index is -0.585. The number of aryl methyl sites for hydroxylation is 2. The summed E-state index contributed by atoms with van der Waals surface area (Å²) < 4.78 is 2.04. The van der Waals surface area contributed by atoms with Crippen molar-refractivity contribution in [3.05, 3.63) is 33.4 Å². The number of halogens is 2. The molecule has 0 spiro atoms. The van der Waals surface area contributed by atoms with Crippen LogP contribution in [0, 0.1) is 6.92 Å². The van der Waals surface area contributed by atoms with Crippen molar-refractivity contribution in [1.29, 1.82) is 0 Å². The second-order valence-corrected chi connectivity index (χ2v) is 5.37. The van der Waals surface area contributed by atoms with Gasteiger partial charge in [0, 0.05) is 22.5 Å². The van der Waals surface area contributed by atoms with Crippen LogP contribution in [0.5, 0.6) is 0 Å². The van der Waals surface area contributed by atoms with Gasteiger partial charge in [0.2, 0.25) is 0 Å². The van der Waals surface area contributed by atoms with Gasteiger partial charge in [0.15, 0.2) is 0 Å². The van der Waals surface area contributed by atoms with E-state index in [4.69, 9.17) is 23.2 Å². The van der Waals surface area contributed by atoms with E-state index in [1.807, 2.05) is 23.6 Å². The van der Waals surface area contributed by atoms with Crippen molar-refractivity contribution in [3.63, 3.8) is 0 Å². The van der Waals surface area contributed by atoms with Gasteiger partial charge in [-0.3, -0.25) is 0 Å². The van der Waals surface area contributed by atoms with Gasteiger partial charge in [-0.2, -0.15) is 0 Å². The van der Waals surface area contributed by atoms with E-state index in [0.717, 1.165) is 40.0 Å². The molecule has 0 saturated heterocycles. The number of fused-ring (bicyclic) bond motifs is 1. The predicted molar refractivity (Wildman–Crippen MR) is 77.6 cm³/mol. The molecule has 0 aliphatic carbocycles. The van der Waals surface area contributed by atoms with Gasteiger partial charge in [0.25, 0.3) is 0 Å². The summed E-state index contributed by atoms with van der Waals surface area (Å²) in [5, 5.41) is 12.3. The summed E-state index contributed by atoms with van der Waals surface area (Å²) in [4.78, 5) is 0. The zero-order valence-corrected chi connectivity index (χ0v) is 12.3. The Balaban J connectivity index is 2.88. The lowest BCUT2D eigenvalue weighted by molar-refractivity contribution is 0.200. The van der Waals surface area contributed by atoms with Gasteiger partial charge in [-0.15, -0.1) is 0 Å². The van der Waals surface area contributed by atoms with Gasteiger partial charge in [0.05, 0.1) is 11.6 Å². The van der Waals surface area contributed by atoms with Crippen molar-refractivity contribution in [2.45, 2.75) is 39.8 Å². The normalized spacial score (nSPS) is 13.2. The maximum atomic E-state index is 9.91. The SMILES string of the molecule is CCCn1c(Cl)c(C(C)O)c2ccc(Cl)c(C)c21. The Labute approximate surface area is 117 Å². The van der Waals surface area contributed by atoms with Gasteiger partial charge < -0.3 is 9.67 Å². The van der Waals surface area contributed by atoms with Crippen molar-refractivity contribution in [2.24, 2.45) is 0 Å². The first kappa shape index (κ1) is 13.7. The fraction of sp³-hybridized carbons (Fsp3) is 0.429. The summed E-state index contributed by atoms with van der Waals surface area (Å²) in [6.45, 7) is 6.65. The zero-order valence-electron chi connectivity index (χ0n) is 10.8. The topological polar surface area (TPSA) is 25.2 Å². The number of nitrogens with zero attached hydrogens (tertiary/aromatic N) is 1. The third-order valence-corrected chi connectivity index (χ3v) is 4.07. The second kappa shape index (κ2) is 5.12. The van der Waals surface area contributed by atoms with Crippen LogP contribution in [-0.2, 0) is 6.54 Å². The zero-order chi connectivity index (χ0) is 13.4. The Kier molecular flexibility index (Phi) is 3.90. The molecule has 0 aliphatic heterocycles. The molecule has 0 amide bonds. The molecular weight excluding hydrogens is 269 g/mol. The van der Waals surface area contributed by atoms with E-state index in [9.17, 15) is 5.11 Å². The largest absolute Gasteiger partial charge is 0.389 e. The third-order valence-electron chi connectivity index (χ3n) is 3.25. The lowest BCUT2D eigenvalue weighted by Crippen LogP contribution is -1.98. The van der Waals surface area contributed by atoms with E-state index >= 15 is 0 Å². The average Bonchev–Trinajstić information content (AvgIpc) is 2.58. The number of benzene rings is 1. The maximum Gasteiger partial charge on any atom is 0.115 e. The number of aliphatic hydroxyl groups excluding tert-OH is 1. The van der Waals surface area contributed by atoms with E-state index in [-0.39, 0.29) is 0 Å². The van der Waals surface area contributed by atoms with Crippen LogP contribution in [0.1, 0.15) is 37.5 Å². The standard InChI is InChI=1S/C14H17Cl2NO/c1-4-7-17-13-8(2)11(15)6-5-10(13)12(9(3)18)14(17)16/h5-6,9,18H,4,7H2,1-3H3. The van der Waals surface area contributed by atoms with E-state index < -0.39 is 6.10 Å². The first-order chi connectivity index (χ1) is 8.49.